The molecule has 38 heteroatoms. The van der Waals surface area contributed by atoms with Gasteiger partial charge in [0.15, 0.2) is 29.9 Å². The highest BCUT2D eigenvalue weighted by molar-refractivity contribution is 7.86. The number of amides is 7. The molecule has 7 amide bonds. The molecule has 6 aromatic rings. The highest BCUT2D eigenvalue weighted by Crippen LogP contribution is 2.50. The molecule has 6 aromatic carbocycles. The number of aliphatic hydroxyl groups is 5. The number of hydrogen-bond acceptors (Lipinski definition) is 27. The molecule has 7 aliphatic heterocycles. The Morgan fingerprint density at radius 3 is 1.87 bits per heavy atom. The van der Waals surface area contributed by atoms with Gasteiger partial charge in [-0.15, -0.1) is 0 Å². The third-order valence-corrected chi connectivity index (χ3v) is 24.5. The van der Waals surface area contributed by atoms with Gasteiger partial charge in [0, 0.05) is 34.7 Å². The maximum absolute atomic E-state index is 16.4. The number of carbonyl (C=O) groups excluding carboxylic acids is 7. The van der Waals surface area contributed by atoms with E-state index >= 15 is 24.0 Å². The van der Waals surface area contributed by atoms with Crippen LogP contribution in [0.2, 0.25) is 10.0 Å². The normalized spacial score (nSPS) is 26.4. The van der Waals surface area contributed by atoms with Crippen molar-refractivity contribution in [2.45, 2.75) is 240 Å². The second-order valence-electron chi connectivity index (χ2n) is 32.3. The summed E-state index contributed by atoms with van der Waals surface area (Å²) in [5, 5.41) is 127. The lowest BCUT2D eigenvalue weighted by molar-refractivity contribution is -0.334. The first-order valence-corrected chi connectivity index (χ1v) is 42.6. The first kappa shape index (κ1) is 93.7. The number of aliphatic carboxylic acids is 1. The molecule has 0 radical (unpaired) electrons. The average Bonchev–Trinajstić information content (AvgIpc) is 0.752. The molecular weight excluding hydrogens is 1670 g/mol. The van der Waals surface area contributed by atoms with Gasteiger partial charge in [0.05, 0.1) is 46.2 Å². The van der Waals surface area contributed by atoms with Crippen LogP contribution in [-0.4, -0.2) is 201 Å². The van der Waals surface area contributed by atoms with Crippen molar-refractivity contribution in [2.75, 3.05) is 20.2 Å². The summed E-state index contributed by atoms with van der Waals surface area (Å²) in [6, 6.07) is 2.26. The largest absolute Gasteiger partial charge is 0.508 e. The number of phenols is 3. The summed E-state index contributed by atoms with van der Waals surface area (Å²) in [5.41, 5.74) is 2.98. The topological polar surface area (TPSA) is 540 Å². The number of halogens is 2. The molecule has 0 saturated carbocycles. The van der Waals surface area contributed by atoms with E-state index in [9.17, 15) is 68.8 Å². The van der Waals surface area contributed by atoms with Crippen LogP contribution in [0.15, 0.2) is 95.9 Å². The smallest absolute Gasteiger partial charge is 0.330 e. The van der Waals surface area contributed by atoms with E-state index in [1.807, 2.05) is 13.8 Å². The highest BCUT2D eigenvalue weighted by atomic mass is 35.5. The van der Waals surface area contributed by atoms with Crippen LogP contribution in [0.1, 0.15) is 180 Å². The number of rotatable bonds is 26. The number of aryl methyl sites for hydroxylation is 3. The Hall–Kier alpha value is -10.0. The van der Waals surface area contributed by atoms with E-state index in [-0.39, 0.29) is 46.1 Å². The van der Waals surface area contributed by atoms with E-state index in [0.717, 1.165) is 124 Å². The number of carboxylic acids is 1. The molecule has 35 nitrogen and oxygen atoms in total. The van der Waals surface area contributed by atoms with Crippen molar-refractivity contribution in [3.05, 3.63) is 146 Å². The summed E-state index contributed by atoms with van der Waals surface area (Å²) in [6.07, 6.45) is -11.4. The number of carboxylic acid groups (broad SMARTS) is 1. The summed E-state index contributed by atoms with van der Waals surface area (Å²) < 4.78 is 74.8. The van der Waals surface area contributed by atoms with Crippen LogP contribution in [0, 0.1) is 26.7 Å². The fourth-order valence-corrected chi connectivity index (χ4v) is 17.8. The number of nitrogens with two attached hydrogens (primary N) is 1. The van der Waals surface area contributed by atoms with Crippen LogP contribution in [0.4, 0.5) is 0 Å². The lowest BCUT2D eigenvalue weighted by Gasteiger charge is -2.48. The van der Waals surface area contributed by atoms with E-state index in [4.69, 9.17) is 61.5 Å². The first-order chi connectivity index (χ1) is 58.2. The quantitative estimate of drug-likeness (QED) is 0.0212. The number of aliphatic hydroxyl groups excluding tert-OH is 5. The summed E-state index contributed by atoms with van der Waals surface area (Å²) in [7, 11) is -3.29. The molecule has 13 rings (SSSR count). The van der Waals surface area contributed by atoms with Gasteiger partial charge in [0.25, 0.3) is 10.1 Å². The molecule has 123 heavy (non-hydrogen) atoms. The van der Waals surface area contributed by atoms with Gasteiger partial charge in [-0.1, -0.05) is 125 Å². The van der Waals surface area contributed by atoms with Gasteiger partial charge >= 0.3 is 5.97 Å². The molecule has 0 aliphatic carbocycles. The maximum atomic E-state index is 16.4. The summed E-state index contributed by atoms with van der Waals surface area (Å²) in [5.74, 6) is -16.4. The van der Waals surface area contributed by atoms with Gasteiger partial charge in [-0.3, -0.25) is 37.7 Å². The third kappa shape index (κ3) is 21.7. The SMILES string of the molecule is CCCCCCCCCCNC1(C)CC(OC2C(Oc3c4cc5cc3Oc3ccc(cc3Cl)[C@@H](O)[C@@H](NC(=O)[C@H](CC(C)C)NC)C(=O)N[C@@H](CC(N)=O)C(=O)NC5C(=O)NC3C(=O)N[C@H](C(=O)N[C@@H](C(=O)O)c5cc(O)cc(O)c5-c5cc3ccc5O)[C@H](O)c3ccc(c(Cl)c3)O4)OC(COS(=O)(=O)c3c(C)cc(C)cc3C)C(O)C2O)OC(C)C1O. The summed E-state index contributed by atoms with van der Waals surface area (Å²) >= 11 is 14.4. The van der Waals surface area contributed by atoms with Gasteiger partial charge in [-0.2, -0.15) is 8.42 Å². The maximum Gasteiger partial charge on any atom is 0.330 e. The second kappa shape index (κ2) is 39.9. The number of hydrogen-bond donors (Lipinski definition) is 18. The minimum Gasteiger partial charge on any atom is -0.508 e. The lowest BCUT2D eigenvalue weighted by atomic mass is 9.84. The zero-order valence-corrected chi connectivity index (χ0v) is 71.3. The fourth-order valence-electron chi connectivity index (χ4n) is 16.0. The van der Waals surface area contributed by atoms with Crippen molar-refractivity contribution in [2.24, 2.45) is 11.7 Å². The number of benzene rings is 6. The summed E-state index contributed by atoms with van der Waals surface area (Å²) in [6.45, 7) is 13.4. The Kier molecular flexibility index (Phi) is 30.4. The Balaban J connectivity index is 1.14. The van der Waals surface area contributed by atoms with Gasteiger partial charge in [0.2, 0.25) is 53.4 Å². The zero-order valence-electron chi connectivity index (χ0n) is 69.0. The number of carbonyl (C=O) groups is 8. The van der Waals surface area contributed by atoms with Gasteiger partial charge in [0.1, 0.15) is 89.5 Å². The minimum atomic E-state index is -4.76. The molecular formula is C85H105Cl2N9O26S. The standard InChI is InChI=1S/C85H105Cl2N9O26S/c1-10-11-12-13-14-15-16-17-24-90-85(8)36-62(117-42(7)76(85)105)121-74-72(104)71(103)60(37-116-123(114,115)75-40(5)26-39(4)27-41(75)6)120-84(74)122-73-58-31-46-32-59(73)119-57-23-20-45(30-51(57)87)70(102)68-82(111)94-66(83(112)113)49-33-47(97)34-55(99)63(49)48-28-43(18-21-54(48)98)64(79(108)96-68)93-80(109)65(46)92-78(107)53(35-61(88)100)91-81(110)67(95-77(106)52(89-9)25-38(2)3)69(101)44-19-22-56(118-58)50(86)29-44/h18-23,26-34,38,42,52-53,60,62,64-72,74,76,84,89-90,97-99,101-105H,10-17,24-25,35-37H2,1-9H3,(H2,88,100)(H,91,110)(H,92,107)(H,93,109)(H,94,111)(H,95,106)(H,96,108)(H,112,113)/t42?,52-,53-,60?,62?,64?,65?,66+,67+,68-,69+,70+,71?,72?,74?,76?,84?,85?/m0/s1. The fraction of sp³-hybridized carbons (Fsp3) is 0.482. The van der Waals surface area contributed by atoms with E-state index in [0.29, 0.717) is 17.7 Å². The van der Waals surface area contributed by atoms with E-state index in [1.165, 1.54) is 19.2 Å². The van der Waals surface area contributed by atoms with Crippen molar-refractivity contribution < 1.29 is 125 Å². The van der Waals surface area contributed by atoms with Crippen LogP contribution >= 0.6 is 23.2 Å². The Labute approximate surface area is 719 Å². The van der Waals surface area contributed by atoms with Crippen LogP contribution in [0.25, 0.3) is 11.1 Å². The van der Waals surface area contributed by atoms with Crippen LogP contribution < -0.4 is 62.5 Å². The minimum absolute atomic E-state index is 0.122. The van der Waals surface area contributed by atoms with Gasteiger partial charge in [-0.05, 0) is 155 Å². The number of aromatic hydroxyl groups is 3. The molecule has 2 fully saturated rings. The third-order valence-electron chi connectivity index (χ3n) is 22.4. The number of unbranched alkanes of at least 4 members (excludes halogenated alkanes) is 7. The monoisotopic (exact) mass is 1770 g/mol. The number of fused-ring (bicyclic) bond motifs is 15. The number of likely N-dealkylation sites (N-methyl/N-ethyl adjacent to an activating group) is 1. The Morgan fingerprint density at radius 2 is 1.27 bits per heavy atom. The van der Waals surface area contributed by atoms with Crippen molar-refractivity contribution in [1.29, 1.82) is 0 Å². The Bertz CT molecular complexity index is 5060. The molecule has 666 valence electrons. The summed E-state index contributed by atoms with van der Waals surface area (Å²) in [4.78, 5) is 119. The van der Waals surface area contributed by atoms with Crippen molar-refractivity contribution in [1.82, 2.24) is 42.5 Å². The second-order valence-corrected chi connectivity index (χ2v) is 34.7. The molecule has 19 N–H and O–H groups in total. The molecule has 7 heterocycles. The molecule has 18 atom stereocenters. The number of ether oxygens (including phenoxy) is 6. The van der Waals surface area contributed by atoms with E-state index < -0.39 is 252 Å². The van der Waals surface area contributed by atoms with Crippen LogP contribution in [-0.2, 0) is 66.9 Å². The van der Waals surface area contributed by atoms with E-state index in [2.05, 4.69) is 49.5 Å². The number of nitrogens with one attached hydrogen (secondary N) is 8. The number of primary amides is 1. The first-order valence-electron chi connectivity index (χ1n) is 40.5. The Morgan fingerprint density at radius 1 is 0.675 bits per heavy atom. The van der Waals surface area contributed by atoms with Gasteiger partial charge in [-0.25, -0.2) is 4.79 Å². The molecule has 2 saturated heterocycles. The van der Waals surface area contributed by atoms with Crippen LogP contribution in [0.5, 0.6) is 46.0 Å². The highest BCUT2D eigenvalue weighted by Gasteiger charge is 2.53. The van der Waals surface area contributed by atoms with Crippen molar-refractivity contribution >= 4 is 80.6 Å². The van der Waals surface area contributed by atoms with Crippen LogP contribution in [0.3, 0.4) is 0 Å². The molecule has 0 aromatic heterocycles. The zero-order chi connectivity index (χ0) is 89.5. The van der Waals surface area contributed by atoms with Gasteiger partial charge < -0.3 is 123 Å². The predicted octanol–water partition coefficient (Wildman–Crippen LogP) is 6.22. The molecule has 11 unspecified atom stereocenters. The number of phenolic OH excluding ortho intramolecular Hbond substituents is 3. The molecule has 7 aliphatic rings. The molecule has 0 spiro atoms. The van der Waals surface area contributed by atoms with Crippen molar-refractivity contribution in [3.63, 3.8) is 0 Å². The predicted molar refractivity (Wildman–Crippen MR) is 442 cm³/mol. The van der Waals surface area contributed by atoms with Crippen molar-refractivity contribution in [3.8, 4) is 57.1 Å². The molecule has 11 bridgehead atoms. The lowest BCUT2D eigenvalue weighted by Crippen LogP contribution is -2.65. The van der Waals surface area contributed by atoms with E-state index in [1.54, 1.807) is 46.8 Å². The average molecular weight is 1770 g/mol.